The number of nitrogens with zero attached hydrogens (tertiary/aromatic N) is 1. The van der Waals surface area contributed by atoms with Crippen molar-refractivity contribution < 1.29 is 9.84 Å². The van der Waals surface area contributed by atoms with E-state index in [0.717, 1.165) is 44.0 Å². The van der Waals surface area contributed by atoms with Gasteiger partial charge in [0.25, 0.3) is 0 Å². The lowest BCUT2D eigenvalue weighted by Gasteiger charge is -2.32. The standard InChI is InChI=1S/C23H29NO2/c1-22(2)20(17-24-13-15-26-16-14-24)21(22)23(25,18-9-5-3-6-10-18)19-11-7-4-8-12-19/h3-12,20-21,25H,13-17H2,1-2H3/t20-,21+/m0/s1. The van der Waals surface area contributed by atoms with Crippen molar-refractivity contribution in [3.8, 4) is 0 Å². The Hall–Kier alpha value is -1.68. The molecule has 2 aromatic rings. The van der Waals surface area contributed by atoms with Crippen LogP contribution >= 0.6 is 0 Å². The largest absolute Gasteiger partial charge is 0.380 e. The third-order valence-corrected chi connectivity index (χ3v) is 6.49. The first-order chi connectivity index (χ1) is 12.5. The van der Waals surface area contributed by atoms with E-state index >= 15 is 0 Å². The van der Waals surface area contributed by atoms with Crippen molar-refractivity contribution in [2.45, 2.75) is 19.4 Å². The highest BCUT2D eigenvalue weighted by molar-refractivity contribution is 5.41. The molecule has 2 aromatic carbocycles. The third kappa shape index (κ3) is 2.98. The lowest BCUT2D eigenvalue weighted by Crippen LogP contribution is -2.39. The minimum absolute atomic E-state index is 0.0960. The summed E-state index contributed by atoms with van der Waals surface area (Å²) in [6, 6.07) is 20.4. The molecule has 2 aliphatic rings. The summed E-state index contributed by atoms with van der Waals surface area (Å²) in [5.41, 5.74) is 1.13. The zero-order valence-electron chi connectivity index (χ0n) is 15.8. The summed E-state index contributed by atoms with van der Waals surface area (Å²) in [5, 5.41) is 12.1. The van der Waals surface area contributed by atoms with Crippen molar-refractivity contribution in [1.82, 2.24) is 4.90 Å². The van der Waals surface area contributed by atoms with Crippen LogP contribution in [0, 0.1) is 17.3 Å². The average molecular weight is 351 g/mol. The molecule has 3 heteroatoms. The maximum absolute atomic E-state index is 12.1. The number of hydrogen-bond acceptors (Lipinski definition) is 3. The molecule has 4 rings (SSSR count). The molecule has 0 amide bonds. The summed E-state index contributed by atoms with van der Waals surface area (Å²) in [7, 11) is 0. The number of aliphatic hydroxyl groups is 1. The van der Waals surface area contributed by atoms with Gasteiger partial charge in [0.2, 0.25) is 0 Å². The Morgan fingerprint density at radius 3 is 1.96 bits per heavy atom. The molecule has 0 bridgehead atoms. The van der Waals surface area contributed by atoms with E-state index in [1.807, 2.05) is 36.4 Å². The van der Waals surface area contributed by atoms with Gasteiger partial charge < -0.3 is 9.84 Å². The zero-order chi connectivity index (χ0) is 18.2. The molecule has 1 heterocycles. The fraction of sp³-hybridized carbons (Fsp3) is 0.478. The molecule has 1 aliphatic heterocycles. The van der Waals surface area contributed by atoms with Crippen LogP contribution in [-0.4, -0.2) is 42.9 Å². The molecule has 1 saturated heterocycles. The number of hydrogen-bond donors (Lipinski definition) is 1. The smallest absolute Gasteiger partial charge is 0.118 e. The molecule has 2 atom stereocenters. The van der Waals surface area contributed by atoms with Gasteiger partial charge >= 0.3 is 0 Å². The first-order valence-corrected chi connectivity index (χ1v) is 9.68. The molecule has 0 radical (unpaired) electrons. The highest BCUT2D eigenvalue weighted by atomic mass is 16.5. The molecule has 0 aromatic heterocycles. The minimum Gasteiger partial charge on any atom is -0.380 e. The van der Waals surface area contributed by atoms with Gasteiger partial charge in [0.15, 0.2) is 0 Å². The fourth-order valence-corrected chi connectivity index (χ4v) is 4.89. The van der Waals surface area contributed by atoms with Crippen LogP contribution in [0.3, 0.4) is 0 Å². The highest BCUT2D eigenvalue weighted by Crippen LogP contribution is 2.67. The second-order valence-corrected chi connectivity index (χ2v) is 8.32. The summed E-state index contributed by atoms with van der Waals surface area (Å²) in [6.45, 7) is 9.27. The van der Waals surface area contributed by atoms with Crippen molar-refractivity contribution in [1.29, 1.82) is 0 Å². The van der Waals surface area contributed by atoms with Crippen molar-refractivity contribution in [3.63, 3.8) is 0 Å². The Bertz CT molecular complexity index is 683. The van der Waals surface area contributed by atoms with Gasteiger partial charge in [0.05, 0.1) is 13.2 Å². The van der Waals surface area contributed by atoms with E-state index in [0.29, 0.717) is 5.92 Å². The predicted molar refractivity (Wildman–Crippen MR) is 104 cm³/mol. The minimum atomic E-state index is -0.955. The Balaban J connectivity index is 1.68. The summed E-state index contributed by atoms with van der Waals surface area (Å²) in [4.78, 5) is 2.49. The van der Waals surface area contributed by atoms with Gasteiger partial charge in [-0.3, -0.25) is 4.90 Å². The highest BCUT2D eigenvalue weighted by Gasteiger charge is 2.67. The van der Waals surface area contributed by atoms with Crippen LogP contribution in [0.2, 0.25) is 0 Å². The van der Waals surface area contributed by atoms with Gasteiger partial charge in [-0.25, -0.2) is 0 Å². The number of morpholine rings is 1. The number of rotatable bonds is 5. The monoisotopic (exact) mass is 351 g/mol. The molecule has 1 saturated carbocycles. The molecule has 0 spiro atoms. The lowest BCUT2D eigenvalue weighted by atomic mass is 9.79. The van der Waals surface area contributed by atoms with Crippen molar-refractivity contribution >= 4 is 0 Å². The Kier molecular flexibility index (Phi) is 4.64. The van der Waals surface area contributed by atoms with Crippen molar-refractivity contribution in [2.24, 2.45) is 17.3 Å². The first-order valence-electron chi connectivity index (χ1n) is 9.68. The Labute approximate surface area is 156 Å². The van der Waals surface area contributed by atoms with Crippen LogP contribution < -0.4 is 0 Å². The molecule has 0 unspecified atom stereocenters. The molecule has 26 heavy (non-hydrogen) atoms. The van der Waals surface area contributed by atoms with Gasteiger partial charge in [0.1, 0.15) is 5.60 Å². The molecular formula is C23H29NO2. The van der Waals surface area contributed by atoms with Crippen molar-refractivity contribution in [3.05, 3.63) is 71.8 Å². The van der Waals surface area contributed by atoms with Crippen LogP contribution in [0.25, 0.3) is 0 Å². The summed E-state index contributed by atoms with van der Waals surface area (Å²) in [6.07, 6.45) is 0. The van der Waals surface area contributed by atoms with E-state index < -0.39 is 5.60 Å². The zero-order valence-corrected chi connectivity index (χ0v) is 15.8. The van der Waals surface area contributed by atoms with Crippen LogP contribution in [-0.2, 0) is 10.3 Å². The summed E-state index contributed by atoms with van der Waals surface area (Å²) >= 11 is 0. The fourth-order valence-electron chi connectivity index (χ4n) is 4.89. The van der Waals surface area contributed by atoms with E-state index in [4.69, 9.17) is 4.74 Å². The van der Waals surface area contributed by atoms with Crippen LogP contribution in [0.15, 0.2) is 60.7 Å². The molecule has 3 nitrogen and oxygen atoms in total. The average Bonchev–Trinajstić information content (AvgIpc) is 3.24. The molecule has 1 N–H and O–H groups in total. The van der Waals surface area contributed by atoms with Crippen LogP contribution in [0.1, 0.15) is 25.0 Å². The molecule has 1 aliphatic carbocycles. The molecular weight excluding hydrogens is 322 g/mol. The van der Waals surface area contributed by atoms with E-state index in [2.05, 4.69) is 43.0 Å². The van der Waals surface area contributed by atoms with Gasteiger partial charge in [-0.1, -0.05) is 74.5 Å². The van der Waals surface area contributed by atoms with Crippen LogP contribution in [0.5, 0.6) is 0 Å². The van der Waals surface area contributed by atoms with Gasteiger partial charge in [-0.2, -0.15) is 0 Å². The topological polar surface area (TPSA) is 32.7 Å². The summed E-state index contributed by atoms with van der Waals surface area (Å²) in [5.74, 6) is 0.661. The molecule has 2 fully saturated rings. The second kappa shape index (κ2) is 6.80. The quantitative estimate of drug-likeness (QED) is 0.894. The van der Waals surface area contributed by atoms with Gasteiger partial charge in [-0.15, -0.1) is 0 Å². The summed E-state index contributed by atoms with van der Waals surface area (Å²) < 4.78 is 5.50. The normalized spacial score (nSPS) is 25.8. The first kappa shape index (κ1) is 17.7. The SMILES string of the molecule is CC1(C)[C@@H](CN2CCOCC2)[C@H]1C(O)(c1ccccc1)c1ccccc1. The molecule has 138 valence electrons. The van der Waals surface area contributed by atoms with E-state index in [1.54, 1.807) is 0 Å². The van der Waals surface area contributed by atoms with Gasteiger partial charge in [-0.05, 0) is 22.5 Å². The Morgan fingerprint density at radius 2 is 1.46 bits per heavy atom. The van der Waals surface area contributed by atoms with Crippen LogP contribution in [0.4, 0.5) is 0 Å². The van der Waals surface area contributed by atoms with E-state index in [1.165, 1.54) is 0 Å². The number of benzene rings is 2. The van der Waals surface area contributed by atoms with E-state index in [9.17, 15) is 5.11 Å². The predicted octanol–water partition coefficient (Wildman–Crippen LogP) is 3.53. The third-order valence-electron chi connectivity index (χ3n) is 6.49. The maximum atomic E-state index is 12.1. The maximum Gasteiger partial charge on any atom is 0.118 e. The van der Waals surface area contributed by atoms with Gasteiger partial charge in [0, 0.05) is 25.6 Å². The Morgan fingerprint density at radius 1 is 0.962 bits per heavy atom. The lowest BCUT2D eigenvalue weighted by molar-refractivity contribution is 0.0242. The van der Waals surface area contributed by atoms with E-state index in [-0.39, 0.29) is 11.3 Å². The van der Waals surface area contributed by atoms with Crippen molar-refractivity contribution in [2.75, 3.05) is 32.8 Å². The second-order valence-electron chi connectivity index (χ2n) is 8.32. The number of ether oxygens (including phenoxy) is 1.